The summed E-state index contributed by atoms with van der Waals surface area (Å²) < 4.78 is 0. The minimum atomic E-state index is 0.669. The van der Waals surface area contributed by atoms with Gasteiger partial charge in [-0.1, -0.05) is 18.7 Å². The second-order valence-electron chi connectivity index (χ2n) is 4.30. The monoisotopic (exact) mass is 227 g/mol. The van der Waals surface area contributed by atoms with Gasteiger partial charge in [-0.15, -0.1) is 0 Å². The lowest BCUT2D eigenvalue weighted by Gasteiger charge is -2.32. The average Bonchev–Trinajstić information content (AvgIpc) is 2.74. The van der Waals surface area contributed by atoms with Gasteiger partial charge in [0.05, 0.1) is 6.54 Å². The van der Waals surface area contributed by atoms with Gasteiger partial charge in [0, 0.05) is 24.9 Å². The van der Waals surface area contributed by atoms with Gasteiger partial charge in [0.25, 0.3) is 0 Å². The van der Waals surface area contributed by atoms with Gasteiger partial charge in [-0.25, -0.2) is 0 Å². The van der Waals surface area contributed by atoms with Crippen LogP contribution >= 0.6 is 11.8 Å². The summed E-state index contributed by atoms with van der Waals surface area (Å²) in [5.41, 5.74) is 0. The summed E-state index contributed by atoms with van der Waals surface area (Å²) in [6, 6.07) is 0.669. The van der Waals surface area contributed by atoms with E-state index in [9.17, 15) is 0 Å². The number of thioether (sulfide) groups is 1. The van der Waals surface area contributed by atoms with Crippen molar-refractivity contribution in [2.45, 2.75) is 32.2 Å². The lowest BCUT2D eigenvalue weighted by Crippen LogP contribution is -2.43. The fourth-order valence-electron chi connectivity index (χ4n) is 2.21. The van der Waals surface area contributed by atoms with Gasteiger partial charge in [0.2, 0.25) is 0 Å². The van der Waals surface area contributed by atoms with E-state index >= 15 is 0 Å². The van der Waals surface area contributed by atoms with Crippen LogP contribution in [0.15, 0.2) is 4.99 Å². The predicted molar refractivity (Wildman–Crippen MR) is 67.6 cm³/mol. The van der Waals surface area contributed by atoms with E-state index in [1.165, 1.54) is 44.1 Å². The molecule has 1 N–H and O–H groups in total. The molecule has 0 unspecified atom stereocenters. The molecular formula is C11H21N3S. The van der Waals surface area contributed by atoms with E-state index in [1.807, 2.05) is 11.8 Å². The van der Waals surface area contributed by atoms with Crippen molar-refractivity contribution in [3.8, 4) is 0 Å². The standard InChI is InChI=1S/C11H21N3S/c1-2-6-14-7-3-10(4-8-14)13-11-12-5-9-15-11/h10H,2-9H2,1H3,(H,12,13). The van der Waals surface area contributed by atoms with E-state index in [1.54, 1.807) is 0 Å². The number of amidine groups is 1. The number of nitrogens with zero attached hydrogens (tertiary/aromatic N) is 2. The van der Waals surface area contributed by atoms with Gasteiger partial charge >= 0.3 is 0 Å². The summed E-state index contributed by atoms with van der Waals surface area (Å²) in [4.78, 5) is 7.01. The molecule has 0 aromatic carbocycles. The highest BCUT2D eigenvalue weighted by atomic mass is 32.2. The van der Waals surface area contributed by atoms with Crippen molar-refractivity contribution in [2.75, 3.05) is 31.9 Å². The first-order chi connectivity index (χ1) is 7.38. The molecule has 1 saturated heterocycles. The fraction of sp³-hybridized carbons (Fsp3) is 0.909. The van der Waals surface area contributed by atoms with Crippen molar-refractivity contribution >= 4 is 16.9 Å². The van der Waals surface area contributed by atoms with Crippen molar-refractivity contribution < 1.29 is 0 Å². The molecule has 1 fully saturated rings. The quantitative estimate of drug-likeness (QED) is 0.793. The molecule has 0 amide bonds. The number of hydrogen-bond donors (Lipinski definition) is 1. The summed E-state index contributed by atoms with van der Waals surface area (Å²) >= 11 is 1.87. The summed E-state index contributed by atoms with van der Waals surface area (Å²) in [5, 5.41) is 4.75. The van der Waals surface area contributed by atoms with Crippen molar-refractivity contribution in [1.82, 2.24) is 10.2 Å². The molecule has 0 aromatic heterocycles. The van der Waals surface area contributed by atoms with Crippen LogP contribution in [0.25, 0.3) is 0 Å². The van der Waals surface area contributed by atoms with Gasteiger partial charge in [-0.3, -0.25) is 4.99 Å². The first kappa shape index (κ1) is 11.3. The summed E-state index contributed by atoms with van der Waals surface area (Å²) in [5.74, 6) is 1.16. The van der Waals surface area contributed by atoms with E-state index < -0.39 is 0 Å². The minimum absolute atomic E-state index is 0.669. The first-order valence-corrected chi connectivity index (χ1v) is 7.03. The van der Waals surface area contributed by atoms with Gasteiger partial charge in [0.15, 0.2) is 5.17 Å². The Morgan fingerprint density at radius 2 is 2.27 bits per heavy atom. The Hall–Kier alpha value is -0.220. The fourth-order valence-corrected chi connectivity index (χ4v) is 3.02. The molecule has 0 bridgehead atoms. The number of piperidine rings is 1. The molecule has 0 aromatic rings. The summed E-state index contributed by atoms with van der Waals surface area (Å²) in [7, 11) is 0. The number of likely N-dealkylation sites (tertiary alicyclic amines) is 1. The molecule has 4 heteroatoms. The molecular weight excluding hydrogens is 206 g/mol. The molecule has 86 valence electrons. The van der Waals surface area contributed by atoms with Crippen LogP contribution in [-0.4, -0.2) is 48.0 Å². The molecule has 0 atom stereocenters. The number of nitrogens with one attached hydrogen (secondary N) is 1. The molecule has 2 aliphatic rings. The third-order valence-corrected chi connectivity index (χ3v) is 3.95. The van der Waals surface area contributed by atoms with Crippen LogP contribution in [0.2, 0.25) is 0 Å². The lowest BCUT2D eigenvalue weighted by atomic mass is 10.1. The second kappa shape index (κ2) is 5.75. The van der Waals surface area contributed by atoms with E-state index in [0.29, 0.717) is 6.04 Å². The Morgan fingerprint density at radius 1 is 1.47 bits per heavy atom. The topological polar surface area (TPSA) is 27.6 Å². The third kappa shape index (κ3) is 3.38. The van der Waals surface area contributed by atoms with Crippen molar-refractivity contribution in [3.63, 3.8) is 0 Å². The zero-order chi connectivity index (χ0) is 10.5. The van der Waals surface area contributed by atoms with Crippen LogP contribution < -0.4 is 5.32 Å². The molecule has 2 rings (SSSR count). The summed E-state index contributed by atoms with van der Waals surface area (Å²) in [6.07, 6.45) is 3.83. The van der Waals surface area contributed by atoms with Crippen LogP contribution in [0.1, 0.15) is 26.2 Å². The van der Waals surface area contributed by atoms with Crippen molar-refractivity contribution in [1.29, 1.82) is 0 Å². The maximum Gasteiger partial charge on any atom is 0.156 e. The third-order valence-electron chi connectivity index (χ3n) is 3.04. The molecule has 3 nitrogen and oxygen atoms in total. The van der Waals surface area contributed by atoms with Crippen molar-refractivity contribution in [3.05, 3.63) is 0 Å². The number of aliphatic imine (C=N–C) groups is 1. The van der Waals surface area contributed by atoms with Gasteiger partial charge in [-0.05, 0) is 25.8 Å². The predicted octanol–water partition coefficient (Wildman–Crippen LogP) is 1.55. The zero-order valence-electron chi connectivity index (χ0n) is 9.54. The highest BCUT2D eigenvalue weighted by Gasteiger charge is 2.20. The van der Waals surface area contributed by atoms with Gasteiger partial charge in [0.1, 0.15) is 0 Å². The average molecular weight is 227 g/mol. The van der Waals surface area contributed by atoms with Crippen LogP contribution in [0, 0.1) is 0 Å². The van der Waals surface area contributed by atoms with E-state index in [0.717, 1.165) is 12.3 Å². The lowest BCUT2D eigenvalue weighted by molar-refractivity contribution is 0.207. The van der Waals surface area contributed by atoms with Crippen LogP contribution in [-0.2, 0) is 0 Å². The molecule has 2 aliphatic heterocycles. The van der Waals surface area contributed by atoms with E-state index in [-0.39, 0.29) is 0 Å². The second-order valence-corrected chi connectivity index (χ2v) is 5.38. The molecule has 0 radical (unpaired) electrons. The van der Waals surface area contributed by atoms with Crippen LogP contribution in [0.3, 0.4) is 0 Å². The Labute approximate surface area is 96.7 Å². The highest BCUT2D eigenvalue weighted by Crippen LogP contribution is 2.15. The Kier molecular flexibility index (Phi) is 4.32. The molecule has 0 spiro atoms. The van der Waals surface area contributed by atoms with Gasteiger partial charge < -0.3 is 10.2 Å². The normalized spacial score (nSPS) is 24.2. The Bertz CT molecular complexity index is 222. The minimum Gasteiger partial charge on any atom is -0.362 e. The maximum atomic E-state index is 4.44. The number of rotatable bonds is 3. The highest BCUT2D eigenvalue weighted by molar-refractivity contribution is 8.14. The zero-order valence-corrected chi connectivity index (χ0v) is 10.4. The smallest absolute Gasteiger partial charge is 0.156 e. The number of hydrogen-bond acceptors (Lipinski definition) is 4. The molecule has 0 saturated carbocycles. The van der Waals surface area contributed by atoms with Gasteiger partial charge in [-0.2, -0.15) is 0 Å². The largest absolute Gasteiger partial charge is 0.362 e. The van der Waals surface area contributed by atoms with E-state index in [4.69, 9.17) is 0 Å². The SMILES string of the molecule is CCCN1CCC(NC2=NCCS2)CC1. The molecule has 15 heavy (non-hydrogen) atoms. The van der Waals surface area contributed by atoms with E-state index in [2.05, 4.69) is 22.1 Å². The maximum absolute atomic E-state index is 4.44. The Morgan fingerprint density at radius 3 is 2.87 bits per heavy atom. The Balaban J connectivity index is 1.69. The van der Waals surface area contributed by atoms with Crippen LogP contribution in [0.5, 0.6) is 0 Å². The first-order valence-electron chi connectivity index (χ1n) is 6.04. The van der Waals surface area contributed by atoms with Crippen LogP contribution in [0.4, 0.5) is 0 Å². The molecule has 2 heterocycles. The van der Waals surface area contributed by atoms with Crippen molar-refractivity contribution in [2.24, 2.45) is 4.99 Å². The molecule has 0 aliphatic carbocycles. The summed E-state index contributed by atoms with van der Waals surface area (Å²) in [6.45, 7) is 7.03.